The summed E-state index contributed by atoms with van der Waals surface area (Å²) in [6.45, 7) is 6.41. The van der Waals surface area contributed by atoms with E-state index in [1.165, 1.54) is 35.9 Å². The molecule has 0 unspecified atom stereocenters. The molecule has 0 aliphatic carbocycles. The van der Waals surface area contributed by atoms with Crippen molar-refractivity contribution >= 4 is 17.8 Å². The van der Waals surface area contributed by atoms with Gasteiger partial charge in [-0.2, -0.15) is 0 Å². The lowest BCUT2D eigenvalue weighted by Crippen LogP contribution is -2.10. The molecule has 0 saturated heterocycles. The molecule has 0 N–H and O–H groups in total. The van der Waals surface area contributed by atoms with Crippen molar-refractivity contribution in [2.24, 2.45) is 0 Å². The van der Waals surface area contributed by atoms with E-state index in [4.69, 9.17) is 9.47 Å². The van der Waals surface area contributed by atoms with Crippen LogP contribution in [0.15, 0.2) is 72.5 Å². The summed E-state index contributed by atoms with van der Waals surface area (Å²) in [5, 5.41) is 0. The first-order chi connectivity index (χ1) is 14.7. The van der Waals surface area contributed by atoms with Gasteiger partial charge in [0.05, 0.1) is 11.1 Å². The zero-order chi connectivity index (χ0) is 22.2. The van der Waals surface area contributed by atoms with Gasteiger partial charge in [-0.15, -0.1) is 0 Å². The molecule has 4 rings (SSSR count). The van der Waals surface area contributed by atoms with Gasteiger partial charge in [0.2, 0.25) is 5.78 Å². The van der Waals surface area contributed by atoms with Gasteiger partial charge in [-0.25, -0.2) is 9.18 Å². The predicted octanol–water partition coefficient (Wildman–Crippen LogP) is 5.96. The summed E-state index contributed by atoms with van der Waals surface area (Å²) >= 11 is 0. The van der Waals surface area contributed by atoms with E-state index in [-0.39, 0.29) is 28.3 Å². The third kappa shape index (κ3) is 4.40. The van der Waals surface area contributed by atoms with Crippen molar-refractivity contribution in [1.29, 1.82) is 0 Å². The van der Waals surface area contributed by atoms with Crippen LogP contribution in [0.25, 0.3) is 6.08 Å². The second-order valence-corrected chi connectivity index (χ2v) is 8.37. The largest absolute Gasteiger partial charge is 0.452 e. The number of Topliss-reactive ketones (excluding diaryl/α,β-unsaturated/α-hetero) is 1. The molecule has 0 atom stereocenters. The molecule has 0 radical (unpaired) electrons. The zero-order valence-electron chi connectivity index (χ0n) is 17.4. The smallest absolute Gasteiger partial charge is 0.343 e. The lowest BCUT2D eigenvalue weighted by atomic mass is 9.86. The minimum Gasteiger partial charge on any atom is -0.452 e. The zero-order valence-corrected chi connectivity index (χ0v) is 17.4. The minimum absolute atomic E-state index is 0.0426. The Kier molecular flexibility index (Phi) is 5.19. The van der Waals surface area contributed by atoms with Gasteiger partial charge in [-0.1, -0.05) is 51.1 Å². The standard InChI is InChI=1S/C26H21FO4/c1-26(2,3)18-9-7-16(8-10-18)13-23-24(28)21-12-11-20(15-22(21)31-23)30-25(29)17-5-4-6-19(27)14-17/h4-15H,1-3H3/b23-13-. The quantitative estimate of drug-likeness (QED) is 0.300. The van der Waals surface area contributed by atoms with Gasteiger partial charge in [0.1, 0.15) is 17.3 Å². The number of allylic oxidation sites excluding steroid dienone is 1. The van der Waals surface area contributed by atoms with Gasteiger partial charge in [0, 0.05) is 6.07 Å². The van der Waals surface area contributed by atoms with Crippen LogP contribution in [0.3, 0.4) is 0 Å². The number of carbonyl (C=O) groups excluding carboxylic acids is 2. The fourth-order valence-electron chi connectivity index (χ4n) is 3.24. The summed E-state index contributed by atoms with van der Waals surface area (Å²) in [6, 6.07) is 17.7. The van der Waals surface area contributed by atoms with E-state index < -0.39 is 11.8 Å². The number of ketones is 1. The molecule has 0 aromatic heterocycles. The van der Waals surface area contributed by atoms with Crippen LogP contribution in [0.4, 0.5) is 4.39 Å². The van der Waals surface area contributed by atoms with Crippen LogP contribution in [0.2, 0.25) is 0 Å². The van der Waals surface area contributed by atoms with Crippen molar-refractivity contribution in [3.05, 3.63) is 101 Å². The van der Waals surface area contributed by atoms with E-state index in [1.807, 2.05) is 24.3 Å². The molecule has 0 saturated carbocycles. The summed E-state index contributed by atoms with van der Waals surface area (Å²) in [5.41, 5.74) is 2.57. The van der Waals surface area contributed by atoms with Gasteiger partial charge >= 0.3 is 5.97 Å². The molecule has 31 heavy (non-hydrogen) atoms. The van der Waals surface area contributed by atoms with E-state index in [0.29, 0.717) is 11.3 Å². The average Bonchev–Trinajstić information content (AvgIpc) is 3.02. The Bertz CT molecular complexity index is 1200. The van der Waals surface area contributed by atoms with Crippen LogP contribution >= 0.6 is 0 Å². The van der Waals surface area contributed by atoms with Crippen LogP contribution in [-0.4, -0.2) is 11.8 Å². The lowest BCUT2D eigenvalue weighted by molar-refractivity contribution is 0.0734. The van der Waals surface area contributed by atoms with Gasteiger partial charge in [0.15, 0.2) is 5.76 Å². The number of esters is 1. The third-order valence-corrected chi connectivity index (χ3v) is 4.99. The number of carbonyl (C=O) groups is 2. The third-order valence-electron chi connectivity index (χ3n) is 4.99. The number of benzene rings is 3. The molecule has 1 heterocycles. The Labute approximate surface area is 179 Å². The molecular weight excluding hydrogens is 395 g/mol. The number of hydrogen-bond donors (Lipinski definition) is 0. The molecule has 0 bridgehead atoms. The van der Waals surface area contributed by atoms with Crippen molar-refractivity contribution in [2.45, 2.75) is 26.2 Å². The fraction of sp³-hybridized carbons (Fsp3) is 0.154. The number of hydrogen-bond acceptors (Lipinski definition) is 4. The van der Waals surface area contributed by atoms with Crippen molar-refractivity contribution in [3.63, 3.8) is 0 Å². The Morgan fingerprint density at radius 2 is 1.74 bits per heavy atom. The monoisotopic (exact) mass is 416 g/mol. The molecule has 5 heteroatoms. The van der Waals surface area contributed by atoms with Gasteiger partial charge < -0.3 is 9.47 Å². The summed E-state index contributed by atoms with van der Waals surface area (Å²) < 4.78 is 24.3. The van der Waals surface area contributed by atoms with Crippen LogP contribution in [0.5, 0.6) is 11.5 Å². The Balaban J connectivity index is 1.53. The lowest BCUT2D eigenvalue weighted by Gasteiger charge is -2.18. The Morgan fingerprint density at radius 1 is 1.00 bits per heavy atom. The highest BCUT2D eigenvalue weighted by Crippen LogP contribution is 2.35. The fourth-order valence-corrected chi connectivity index (χ4v) is 3.24. The van der Waals surface area contributed by atoms with E-state index in [2.05, 4.69) is 20.8 Å². The predicted molar refractivity (Wildman–Crippen MR) is 116 cm³/mol. The molecule has 0 spiro atoms. The van der Waals surface area contributed by atoms with Crippen molar-refractivity contribution in [3.8, 4) is 11.5 Å². The van der Waals surface area contributed by atoms with Crippen LogP contribution in [0.1, 0.15) is 52.6 Å². The molecule has 0 amide bonds. The summed E-state index contributed by atoms with van der Waals surface area (Å²) in [5.74, 6) is -0.741. The molecular formula is C26H21FO4. The molecule has 3 aromatic carbocycles. The van der Waals surface area contributed by atoms with E-state index >= 15 is 0 Å². The molecule has 156 valence electrons. The SMILES string of the molecule is CC(C)(C)c1ccc(/C=C2\Oc3cc(OC(=O)c4cccc(F)c4)ccc3C2=O)cc1. The van der Waals surface area contributed by atoms with Gasteiger partial charge in [0.25, 0.3) is 0 Å². The van der Waals surface area contributed by atoms with Gasteiger partial charge in [-0.3, -0.25) is 4.79 Å². The number of halogens is 1. The Hall–Kier alpha value is -3.73. The second-order valence-electron chi connectivity index (χ2n) is 8.37. The topological polar surface area (TPSA) is 52.6 Å². The average molecular weight is 416 g/mol. The molecule has 3 aromatic rings. The first-order valence-corrected chi connectivity index (χ1v) is 9.87. The van der Waals surface area contributed by atoms with Crippen molar-refractivity contribution in [2.75, 3.05) is 0 Å². The van der Waals surface area contributed by atoms with E-state index in [1.54, 1.807) is 12.1 Å². The van der Waals surface area contributed by atoms with Gasteiger partial charge in [-0.05, 0) is 52.9 Å². The van der Waals surface area contributed by atoms with Crippen LogP contribution in [0, 0.1) is 5.82 Å². The molecule has 4 nitrogen and oxygen atoms in total. The summed E-state index contributed by atoms with van der Waals surface area (Å²) in [4.78, 5) is 24.9. The van der Waals surface area contributed by atoms with E-state index in [9.17, 15) is 14.0 Å². The minimum atomic E-state index is -0.696. The van der Waals surface area contributed by atoms with Crippen LogP contribution in [-0.2, 0) is 5.41 Å². The molecule has 1 aliphatic rings. The summed E-state index contributed by atoms with van der Waals surface area (Å²) in [7, 11) is 0. The molecule has 0 fully saturated rings. The highest BCUT2D eigenvalue weighted by molar-refractivity contribution is 6.14. The Morgan fingerprint density at radius 3 is 2.42 bits per heavy atom. The van der Waals surface area contributed by atoms with Crippen molar-refractivity contribution in [1.82, 2.24) is 0 Å². The maximum atomic E-state index is 13.3. The second kappa shape index (κ2) is 7.84. The normalized spacial score (nSPS) is 14.3. The summed E-state index contributed by atoms with van der Waals surface area (Å²) in [6.07, 6.45) is 1.69. The highest BCUT2D eigenvalue weighted by atomic mass is 19.1. The number of fused-ring (bicyclic) bond motifs is 1. The first kappa shape index (κ1) is 20.5. The van der Waals surface area contributed by atoms with Crippen molar-refractivity contribution < 1.29 is 23.5 Å². The first-order valence-electron chi connectivity index (χ1n) is 9.87. The maximum Gasteiger partial charge on any atom is 0.343 e. The highest BCUT2D eigenvalue weighted by Gasteiger charge is 2.28. The number of rotatable bonds is 3. The van der Waals surface area contributed by atoms with Crippen LogP contribution < -0.4 is 9.47 Å². The number of ether oxygens (including phenoxy) is 2. The molecule has 1 aliphatic heterocycles. The maximum absolute atomic E-state index is 13.3. The van der Waals surface area contributed by atoms with E-state index in [0.717, 1.165) is 11.6 Å².